The van der Waals surface area contributed by atoms with Crippen molar-refractivity contribution in [2.24, 2.45) is 11.7 Å². The van der Waals surface area contributed by atoms with Crippen molar-refractivity contribution in [1.29, 1.82) is 0 Å². The van der Waals surface area contributed by atoms with Gasteiger partial charge in [0.25, 0.3) is 5.91 Å². The Labute approximate surface area is 106 Å². The first-order chi connectivity index (χ1) is 8.55. The largest absolute Gasteiger partial charge is 0.405 e. The van der Waals surface area contributed by atoms with Gasteiger partial charge in [-0.3, -0.25) is 4.79 Å². The molecule has 1 fully saturated rings. The van der Waals surface area contributed by atoms with Crippen LogP contribution in [0.1, 0.15) is 19.3 Å². The molecule has 0 radical (unpaired) electrons. The van der Waals surface area contributed by atoms with Crippen LogP contribution in [0, 0.1) is 5.92 Å². The highest BCUT2D eigenvalue weighted by Crippen LogP contribution is 2.33. The molecule has 1 saturated carbocycles. The zero-order chi connectivity index (χ0) is 14.8. The lowest BCUT2D eigenvalue weighted by molar-refractivity contribution is -0.174. The minimum absolute atomic E-state index is 0.337. The molecule has 2 unspecified atom stereocenters. The average molecular weight is 290 g/mol. The van der Waals surface area contributed by atoms with E-state index in [-0.39, 0.29) is 5.92 Å². The van der Waals surface area contributed by atoms with E-state index in [0.29, 0.717) is 12.8 Å². The first kappa shape index (κ1) is 16.1. The van der Waals surface area contributed by atoms with Gasteiger partial charge in [-0.25, -0.2) is 0 Å². The fourth-order valence-corrected chi connectivity index (χ4v) is 1.76. The number of halogens is 5. The number of rotatable bonds is 5. The number of hydrogen-bond donors (Lipinski definition) is 3. The third kappa shape index (κ3) is 4.00. The van der Waals surface area contributed by atoms with E-state index in [2.05, 4.69) is 0 Å². The molecule has 4 nitrogen and oxygen atoms in total. The quantitative estimate of drug-likeness (QED) is 0.655. The zero-order valence-electron chi connectivity index (χ0n) is 9.88. The van der Waals surface area contributed by atoms with Crippen molar-refractivity contribution < 1.29 is 31.9 Å². The molecule has 1 amide bonds. The number of amides is 1. The molecule has 0 heterocycles. The molecule has 0 aromatic carbocycles. The van der Waals surface area contributed by atoms with Gasteiger partial charge in [0.15, 0.2) is 0 Å². The molecule has 0 spiro atoms. The monoisotopic (exact) mass is 290 g/mol. The van der Waals surface area contributed by atoms with Crippen LogP contribution in [-0.2, 0) is 4.79 Å². The molecule has 1 rings (SSSR count). The van der Waals surface area contributed by atoms with E-state index < -0.39 is 36.7 Å². The average Bonchev–Trinajstić information content (AvgIpc) is 2.20. The highest BCUT2D eigenvalue weighted by molar-refractivity contribution is 5.84. The maximum Gasteiger partial charge on any atom is 0.405 e. The molecule has 1 aliphatic rings. The normalized spacial score (nSPS) is 20.6. The maximum atomic E-state index is 13.4. The molecule has 0 aromatic heterocycles. The maximum absolute atomic E-state index is 13.4. The Hall–Kier alpha value is -0.960. The lowest BCUT2D eigenvalue weighted by Gasteiger charge is -2.36. The Morgan fingerprint density at radius 3 is 2.21 bits per heavy atom. The topological polar surface area (TPSA) is 75.3 Å². The second-order valence-electron chi connectivity index (χ2n) is 4.63. The Morgan fingerprint density at radius 2 is 1.84 bits per heavy atom. The summed E-state index contributed by atoms with van der Waals surface area (Å²) in [6.45, 7) is -1.88. The molecule has 0 bridgehead atoms. The summed E-state index contributed by atoms with van der Waals surface area (Å²) < 4.78 is 62.3. The van der Waals surface area contributed by atoms with Crippen LogP contribution < -0.4 is 11.1 Å². The molecule has 9 heteroatoms. The van der Waals surface area contributed by atoms with Crippen molar-refractivity contribution in [2.75, 3.05) is 6.54 Å². The fraction of sp³-hybridized carbons (Fsp3) is 0.900. The number of nitrogens with two attached hydrogens (primary N) is 1. The number of nitrogens with one attached hydrogen (secondary N) is 1. The van der Waals surface area contributed by atoms with Crippen LogP contribution in [0.3, 0.4) is 0 Å². The lowest BCUT2D eigenvalue weighted by atomic mass is 9.77. The van der Waals surface area contributed by atoms with Gasteiger partial charge in [-0.05, 0) is 18.8 Å². The van der Waals surface area contributed by atoms with Crippen LogP contribution in [0.15, 0.2) is 0 Å². The van der Waals surface area contributed by atoms with Crippen LogP contribution >= 0.6 is 0 Å². The standard InChI is InChI=1S/C10H15F5N2O2/c11-9(12,13)4-17-8(19)10(14,15)7(18)6(16)5-2-1-3-5/h5-7,18H,1-4,16H2,(H,17,19). The smallest absolute Gasteiger partial charge is 0.385 e. The van der Waals surface area contributed by atoms with Crippen molar-refractivity contribution in [3.8, 4) is 0 Å². The molecule has 1 aliphatic carbocycles. The lowest BCUT2D eigenvalue weighted by Crippen LogP contribution is -2.58. The number of aliphatic hydroxyl groups is 1. The highest BCUT2D eigenvalue weighted by Gasteiger charge is 2.51. The van der Waals surface area contributed by atoms with E-state index in [1.807, 2.05) is 0 Å². The van der Waals surface area contributed by atoms with Gasteiger partial charge in [-0.15, -0.1) is 0 Å². The number of carbonyl (C=O) groups excluding carboxylic acids is 1. The zero-order valence-corrected chi connectivity index (χ0v) is 9.88. The SMILES string of the molecule is NC(C1CCC1)C(O)C(F)(F)C(=O)NCC(F)(F)F. The van der Waals surface area contributed by atoms with Gasteiger partial charge in [0.1, 0.15) is 12.6 Å². The second-order valence-corrected chi connectivity index (χ2v) is 4.63. The predicted molar refractivity (Wildman–Crippen MR) is 55.3 cm³/mol. The first-order valence-electron chi connectivity index (χ1n) is 5.72. The molecule has 2 atom stereocenters. The molecule has 19 heavy (non-hydrogen) atoms. The summed E-state index contributed by atoms with van der Waals surface area (Å²) in [5.74, 6) is -6.86. The minimum atomic E-state index is -4.80. The second kappa shape index (κ2) is 5.58. The number of aliphatic hydroxyl groups excluding tert-OH is 1. The molecular weight excluding hydrogens is 275 g/mol. The minimum Gasteiger partial charge on any atom is -0.385 e. The van der Waals surface area contributed by atoms with Crippen molar-refractivity contribution in [3.05, 3.63) is 0 Å². The molecule has 4 N–H and O–H groups in total. The van der Waals surface area contributed by atoms with E-state index in [1.165, 1.54) is 0 Å². The predicted octanol–water partition coefficient (Wildman–Crippen LogP) is 0.789. The van der Waals surface area contributed by atoms with E-state index >= 15 is 0 Å². The summed E-state index contributed by atoms with van der Waals surface area (Å²) in [4.78, 5) is 11.0. The van der Waals surface area contributed by atoms with Crippen LogP contribution in [0.4, 0.5) is 22.0 Å². The number of carbonyl (C=O) groups is 1. The summed E-state index contributed by atoms with van der Waals surface area (Å²) in [6.07, 6.45) is -5.40. The van der Waals surface area contributed by atoms with Crippen molar-refractivity contribution >= 4 is 5.91 Å². The van der Waals surface area contributed by atoms with Crippen LogP contribution in [0.5, 0.6) is 0 Å². The van der Waals surface area contributed by atoms with E-state index in [1.54, 1.807) is 0 Å². The van der Waals surface area contributed by atoms with Crippen molar-refractivity contribution in [1.82, 2.24) is 5.32 Å². The van der Waals surface area contributed by atoms with Gasteiger partial charge >= 0.3 is 12.1 Å². The summed E-state index contributed by atoms with van der Waals surface area (Å²) in [5, 5.41) is 10.4. The van der Waals surface area contributed by atoms with Crippen LogP contribution in [0.25, 0.3) is 0 Å². The number of hydrogen-bond acceptors (Lipinski definition) is 3. The van der Waals surface area contributed by atoms with Crippen molar-refractivity contribution in [2.45, 2.75) is 43.5 Å². The van der Waals surface area contributed by atoms with Gasteiger partial charge in [0.2, 0.25) is 0 Å². The third-order valence-electron chi connectivity index (χ3n) is 3.18. The molecule has 112 valence electrons. The van der Waals surface area contributed by atoms with Crippen LogP contribution in [-0.4, -0.2) is 41.8 Å². The first-order valence-corrected chi connectivity index (χ1v) is 5.72. The molecular formula is C10H15F5N2O2. The van der Waals surface area contributed by atoms with E-state index in [9.17, 15) is 31.9 Å². The van der Waals surface area contributed by atoms with E-state index in [0.717, 1.165) is 11.7 Å². The van der Waals surface area contributed by atoms with Gasteiger partial charge in [-0.2, -0.15) is 22.0 Å². The van der Waals surface area contributed by atoms with Gasteiger partial charge in [0.05, 0.1) is 0 Å². The summed E-state index contributed by atoms with van der Waals surface area (Å²) in [5.41, 5.74) is 5.40. The Kier molecular flexibility index (Phi) is 4.72. The summed E-state index contributed by atoms with van der Waals surface area (Å²) >= 11 is 0. The Morgan fingerprint density at radius 1 is 1.32 bits per heavy atom. The van der Waals surface area contributed by atoms with Crippen molar-refractivity contribution in [3.63, 3.8) is 0 Å². The molecule has 0 aliphatic heterocycles. The third-order valence-corrected chi connectivity index (χ3v) is 3.18. The van der Waals surface area contributed by atoms with Gasteiger partial charge in [0, 0.05) is 6.04 Å². The summed E-state index contributed by atoms with van der Waals surface area (Å²) in [6, 6.07) is -1.33. The number of alkyl halides is 5. The Bertz CT molecular complexity index is 330. The van der Waals surface area contributed by atoms with E-state index in [4.69, 9.17) is 5.73 Å². The fourth-order valence-electron chi connectivity index (χ4n) is 1.76. The molecule has 0 aromatic rings. The molecule has 0 saturated heterocycles. The van der Waals surface area contributed by atoms with Gasteiger partial charge in [-0.1, -0.05) is 6.42 Å². The summed E-state index contributed by atoms with van der Waals surface area (Å²) in [7, 11) is 0. The van der Waals surface area contributed by atoms with Crippen LogP contribution in [0.2, 0.25) is 0 Å². The highest BCUT2D eigenvalue weighted by atomic mass is 19.4. The Balaban J connectivity index is 2.59. The van der Waals surface area contributed by atoms with Gasteiger partial charge < -0.3 is 16.2 Å².